The van der Waals surface area contributed by atoms with Gasteiger partial charge in [-0.2, -0.15) is 0 Å². The first-order valence-electron chi connectivity index (χ1n) is 6.98. The van der Waals surface area contributed by atoms with Crippen LogP contribution in [-0.2, 0) is 6.54 Å². The van der Waals surface area contributed by atoms with Crippen molar-refractivity contribution in [2.24, 2.45) is 5.73 Å². The summed E-state index contributed by atoms with van der Waals surface area (Å²) in [6.45, 7) is 7.21. The van der Waals surface area contributed by atoms with Crippen molar-refractivity contribution < 1.29 is 4.79 Å². The third kappa shape index (κ3) is 3.29. The van der Waals surface area contributed by atoms with Crippen molar-refractivity contribution >= 4 is 11.7 Å². The standard InChI is InChI=1S/C15H24N4O/c1-15(2)11-19(9-8-18(15)3)14(20)17-13-6-4-12(10-16)5-7-13/h4-7H,8-11,16H2,1-3H3,(H,17,20). The van der Waals surface area contributed by atoms with Gasteiger partial charge in [0.25, 0.3) is 0 Å². The van der Waals surface area contributed by atoms with E-state index in [1.54, 1.807) is 0 Å². The van der Waals surface area contributed by atoms with Crippen molar-refractivity contribution in [3.05, 3.63) is 29.8 Å². The molecule has 2 amide bonds. The molecule has 0 aliphatic carbocycles. The van der Waals surface area contributed by atoms with E-state index in [2.05, 4.69) is 31.1 Å². The summed E-state index contributed by atoms with van der Waals surface area (Å²) in [6, 6.07) is 7.61. The van der Waals surface area contributed by atoms with Crippen LogP contribution < -0.4 is 11.1 Å². The molecule has 0 unspecified atom stereocenters. The number of urea groups is 1. The second-order valence-corrected chi connectivity index (χ2v) is 5.99. The Hall–Kier alpha value is -1.59. The summed E-state index contributed by atoms with van der Waals surface area (Å²) in [6.07, 6.45) is 0. The third-order valence-electron chi connectivity index (χ3n) is 4.04. The predicted octanol–water partition coefficient (Wildman–Crippen LogP) is 1.70. The summed E-state index contributed by atoms with van der Waals surface area (Å²) in [5, 5.41) is 2.94. The topological polar surface area (TPSA) is 61.6 Å². The fraction of sp³-hybridized carbons (Fsp3) is 0.533. The molecule has 20 heavy (non-hydrogen) atoms. The van der Waals surface area contributed by atoms with Crippen molar-refractivity contribution in [3.8, 4) is 0 Å². The normalized spacial score (nSPS) is 18.9. The van der Waals surface area contributed by atoms with E-state index in [1.807, 2.05) is 29.2 Å². The molecule has 110 valence electrons. The van der Waals surface area contributed by atoms with E-state index in [4.69, 9.17) is 5.73 Å². The number of benzene rings is 1. The lowest BCUT2D eigenvalue weighted by Crippen LogP contribution is -2.59. The minimum Gasteiger partial charge on any atom is -0.326 e. The quantitative estimate of drug-likeness (QED) is 0.864. The lowest BCUT2D eigenvalue weighted by Gasteiger charge is -2.45. The molecule has 5 nitrogen and oxygen atoms in total. The molecule has 5 heteroatoms. The number of nitrogens with zero attached hydrogens (tertiary/aromatic N) is 2. The molecule has 0 radical (unpaired) electrons. The van der Waals surface area contributed by atoms with Crippen molar-refractivity contribution in [2.75, 3.05) is 32.0 Å². The van der Waals surface area contributed by atoms with Gasteiger partial charge in [0.1, 0.15) is 0 Å². The zero-order valence-electron chi connectivity index (χ0n) is 12.5. The maximum absolute atomic E-state index is 12.3. The Morgan fingerprint density at radius 3 is 2.50 bits per heavy atom. The van der Waals surface area contributed by atoms with E-state index in [9.17, 15) is 4.79 Å². The smallest absolute Gasteiger partial charge is 0.321 e. The van der Waals surface area contributed by atoms with Gasteiger partial charge >= 0.3 is 6.03 Å². The molecule has 0 bridgehead atoms. The van der Waals surface area contributed by atoms with Gasteiger partial charge in [-0.25, -0.2) is 4.79 Å². The molecule has 1 aromatic rings. The van der Waals surface area contributed by atoms with Crippen LogP contribution in [0.1, 0.15) is 19.4 Å². The average Bonchev–Trinajstić information content (AvgIpc) is 2.42. The summed E-state index contributed by atoms with van der Waals surface area (Å²) in [4.78, 5) is 16.4. The molecule has 3 N–H and O–H groups in total. The molecule has 1 aromatic carbocycles. The maximum Gasteiger partial charge on any atom is 0.321 e. The molecule has 0 saturated carbocycles. The highest BCUT2D eigenvalue weighted by molar-refractivity contribution is 5.89. The zero-order valence-corrected chi connectivity index (χ0v) is 12.5. The molecule has 1 aliphatic rings. The number of hydrogen-bond acceptors (Lipinski definition) is 3. The van der Waals surface area contributed by atoms with Crippen molar-refractivity contribution in [1.82, 2.24) is 9.80 Å². The van der Waals surface area contributed by atoms with Crippen LogP contribution in [0.25, 0.3) is 0 Å². The fourth-order valence-corrected chi connectivity index (χ4v) is 2.34. The highest BCUT2D eigenvalue weighted by Gasteiger charge is 2.33. The van der Waals surface area contributed by atoms with Crippen molar-refractivity contribution in [1.29, 1.82) is 0 Å². The molecule has 0 aromatic heterocycles. The first kappa shape index (κ1) is 14.8. The first-order chi connectivity index (χ1) is 9.42. The number of amides is 2. The van der Waals surface area contributed by atoms with E-state index in [0.717, 1.165) is 30.9 Å². The van der Waals surface area contributed by atoms with Crippen LogP contribution >= 0.6 is 0 Å². The van der Waals surface area contributed by atoms with Crippen LogP contribution in [0.4, 0.5) is 10.5 Å². The number of piperazine rings is 1. The molecule has 1 aliphatic heterocycles. The Morgan fingerprint density at radius 2 is 1.95 bits per heavy atom. The summed E-state index contributed by atoms with van der Waals surface area (Å²) < 4.78 is 0. The number of anilines is 1. The summed E-state index contributed by atoms with van der Waals surface area (Å²) in [7, 11) is 2.10. The third-order valence-corrected chi connectivity index (χ3v) is 4.04. The molecule has 1 saturated heterocycles. The monoisotopic (exact) mass is 276 g/mol. The van der Waals surface area contributed by atoms with Gasteiger partial charge in [-0.1, -0.05) is 12.1 Å². The number of hydrogen-bond donors (Lipinski definition) is 2. The SMILES string of the molecule is CN1CCN(C(=O)Nc2ccc(CN)cc2)CC1(C)C. The number of carbonyl (C=O) groups excluding carboxylic acids is 1. The lowest BCUT2D eigenvalue weighted by atomic mass is 10.00. The van der Waals surface area contributed by atoms with Gasteiger partial charge in [0.15, 0.2) is 0 Å². The van der Waals surface area contributed by atoms with Gasteiger partial charge in [0.2, 0.25) is 0 Å². The Kier molecular flexibility index (Phi) is 4.30. The van der Waals surface area contributed by atoms with E-state index >= 15 is 0 Å². The Bertz CT molecular complexity index is 469. The second kappa shape index (κ2) is 5.81. The zero-order chi connectivity index (χ0) is 14.8. The van der Waals surface area contributed by atoms with Crippen LogP contribution in [-0.4, -0.2) is 48.1 Å². The Labute approximate surface area is 120 Å². The van der Waals surface area contributed by atoms with Crippen LogP contribution in [0.3, 0.4) is 0 Å². The molecular weight excluding hydrogens is 252 g/mol. The Balaban J connectivity index is 1.97. The fourth-order valence-electron chi connectivity index (χ4n) is 2.34. The number of rotatable bonds is 2. The summed E-state index contributed by atoms with van der Waals surface area (Å²) in [5.74, 6) is 0. The number of nitrogens with two attached hydrogens (primary N) is 1. The van der Waals surface area contributed by atoms with Crippen LogP contribution in [0.2, 0.25) is 0 Å². The minimum atomic E-state index is -0.0355. The minimum absolute atomic E-state index is 0.0129. The van der Waals surface area contributed by atoms with Crippen LogP contribution in [0.5, 0.6) is 0 Å². The predicted molar refractivity (Wildman–Crippen MR) is 81.6 cm³/mol. The number of carbonyl (C=O) groups is 1. The van der Waals surface area contributed by atoms with Gasteiger partial charge < -0.3 is 16.0 Å². The highest BCUT2D eigenvalue weighted by atomic mass is 16.2. The van der Waals surface area contributed by atoms with Crippen LogP contribution in [0.15, 0.2) is 24.3 Å². The lowest BCUT2D eigenvalue weighted by molar-refractivity contribution is 0.0608. The first-order valence-corrected chi connectivity index (χ1v) is 6.98. The largest absolute Gasteiger partial charge is 0.326 e. The number of likely N-dealkylation sites (N-methyl/N-ethyl adjacent to an activating group) is 1. The van der Waals surface area contributed by atoms with Gasteiger partial charge in [0.05, 0.1) is 0 Å². The second-order valence-electron chi connectivity index (χ2n) is 5.99. The summed E-state index contributed by atoms with van der Waals surface area (Å²) in [5.41, 5.74) is 7.44. The van der Waals surface area contributed by atoms with Crippen LogP contribution in [0, 0.1) is 0 Å². The Morgan fingerprint density at radius 1 is 1.30 bits per heavy atom. The molecule has 1 fully saturated rings. The number of nitrogens with one attached hydrogen (secondary N) is 1. The molecular formula is C15H24N4O. The van der Waals surface area contributed by atoms with Gasteiger partial charge in [-0.05, 0) is 38.6 Å². The van der Waals surface area contributed by atoms with E-state index in [-0.39, 0.29) is 11.6 Å². The van der Waals surface area contributed by atoms with Gasteiger partial charge in [0, 0.05) is 37.4 Å². The maximum atomic E-state index is 12.3. The van der Waals surface area contributed by atoms with Crippen molar-refractivity contribution in [2.45, 2.75) is 25.9 Å². The van der Waals surface area contributed by atoms with E-state index < -0.39 is 0 Å². The molecule has 0 spiro atoms. The molecule has 0 atom stereocenters. The molecule has 1 heterocycles. The van der Waals surface area contributed by atoms with Gasteiger partial charge in [-0.15, -0.1) is 0 Å². The van der Waals surface area contributed by atoms with Gasteiger partial charge in [-0.3, -0.25) is 4.90 Å². The average molecular weight is 276 g/mol. The summed E-state index contributed by atoms with van der Waals surface area (Å²) >= 11 is 0. The van der Waals surface area contributed by atoms with Crippen molar-refractivity contribution in [3.63, 3.8) is 0 Å². The van der Waals surface area contributed by atoms with E-state index in [0.29, 0.717) is 6.54 Å². The van der Waals surface area contributed by atoms with E-state index in [1.165, 1.54) is 0 Å². The molecule has 2 rings (SSSR count). The highest BCUT2D eigenvalue weighted by Crippen LogP contribution is 2.19.